The van der Waals surface area contributed by atoms with E-state index in [1.165, 1.54) is 0 Å². The summed E-state index contributed by atoms with van der Waals surface area (Å²) in [5.41, 5.74) is 1.75. The fraction of sp³-hybridized carbons (Fsp3) is 0.158. The first-order valence-corrected chi connectivity index (χ1v) is 8.21. The van der Waals surface area contributed by atoms with E-state index in [2.05, 4.69) is 15.6 Å². The second-order valence-corrected chi connectivity index (χ2v) is 5.68. The largest absolute Gasteiger partial charge is 0.486 e. The number of hydrogen-bond donors (Lipinski definition) is 2. The number of rotatable bonds is 5. The predicted molar refractivity (Wildman–Crippen MR) is 95.7 cm³/mol. The van der Waals surface area contributed by atoms with Gasteiger partial charge in [0, 0.05) is 11.8 Å². The highest BCUT2D eigenvalue weighted by Crippen LogP contribution is 2.32. The lowest BCUT2D eigenvalue weighted by Gasteiger charge is -2.18. The molecule has 0 fully saturated rings. The molecule has 7 nitrogen and oxygen atoms in total. The maximum atomic E-state index is 12.4. The average molecular weight is 351 g/mol. The molecule has 1 aliphatic heterocycles. The molecule has 1 amide bonds. The van der Waals surface area contributed by atoms with E-state index in [1.54, 1.807) is 42.8 Å². The van der Waals surface area contributed by atoms with Crippen molar-refractivity contribution in [3.8, 4) is 11.5 Å². The molecular formula is C19H17N3O4. The number of carbonyl (C=O) groups is 1. The van der Waals surface area contributed by atoms with E-state index >= 15 is 0 Å². The Labute approximate surface area is 150 Å². The second kappa shape index (κ2) is 7.18. The number of aromatic nitrogens is 1. The van der Waals surface area contributed by atoms with Crippen molar-refractivity contribution in [2.75, 3.05) is 23.8 Å². The van der Waals surface area contributed by atoms with Crippen molar-refractivity contribution in [1.29, 1.82) is 0 Å². The Kier molecular flexibility index (Phi) is 4.42. The number of furan rings is 1. The van der Waals surface area contributed by atoms with Crippen molar-refractivity contribution in [2.45, 2.75) is 6.54 Å². The lowest BCUT2D eigenvalue weighted by Crippen LogP contribution is -2.17. The molecule has 0 bridgehead atoms. The first-order chi connectivity index (χ1) is 12.8. The van der Waals surface area contributed by atoms with Gasteiger partial charge in [0.1, 0.15) is 24.7 Å². The van der Waals surface area contributed by atoms with Crippen LogP contribution in [-0.4, -0.2) is 24.1 Å². The summed E-state index contributed by atoms with van der Waals surface area (Å²) in [7, 11) is 0. The Hall–Kier alpha value is -3.48. The Balaban J connectivity index is 1.38. The van der Waals surface area contributed by atoms with Crippen molar-refractivity contribution in [3.05, 3.63) is 66.4 Å². The zero-order valence-electron chi connectivity index (χ0n) is 13.9. The van der Waals surface area contributed by atoms with Gasteiger partial charge in [-0.05, 0) is 36.4 Å². The molecule has 0 radical (unpaired) electrons. The van der Waals surface area contributed by atoms with Gasteiger partial charge in [-0.3, -0.25) is 4.79 Å². The van der Waals surface area contributed by atoms with E-state index in [0.29, 0.717) is 42.6 Å². The number of benzene rings is 1. The molecule has 2 aromatic heterocycles. The predicted octanol–water partition coefficient (Wildman–Crippen LogP) is 3.31. The van der Waals surface area contributed by atoms with Crippen molar-refractivity contribution >= 4 is 17.3 Å². The highest BCUT2D eigenvalue weighted by atomic mass is 16.6. The summed E-state index contributed by atoms with van der Waals surface area (Å²) >= 11 is 0. The van der Waals surface area contributed by atoms with Gasteiger partial charge in [0.2, 0.25) is 0 Å². The first-order valence-electron chi connectivity index (χ1n) is 8.21. The third-order valence-corrected chi connectivity index (χ3v) is 3.84. The van der Waals surface area contributed by atoms with E-state index in [-0.39, 0.29) is 5.91 Å². The van der Waals surface area contributed by atoms with Crippen molar-refractivity contribution in [2.24, 2.45) is 0 Å². The number of fused-ring (bicyclic) bond motifs is 1. The minimum atomic E-state index is -0.292. The number of carbonyl (C=O) groups excluding carboxylic acids is 1. The van der Waals surface area contributed by atoms with Gasteiger partial charge in [-0.25, -0.2) is 4.98 Å². The quantitative estimate of drug-likeness (QED) is 0.733. The lowest BCUT2D eigenvalue weighted by molar-refractivity contribution is 0.102. The summed E-state index contributed by atoms with van der Waals surface area (Å²) < 4.78 is 16.2. The molecule has 4 rings (SSSR count). The number of pyridine rings is 1. The minimum absolute atomic E-state index is 0.292. The molecular weight excluding hydrogens is 334 g/mol. The standard InChI is InChI=1S/C19H17N3O4/c23-19(22-13-4-6-17-18(10-13)26-9-8-25-17)16-5-3-14(11-21-16)20-12-15-2-1-7-24-15/h1-7,10-11,20H,8-9,12H2,(H,22,23). The fourth-order valence-electron chi connectivity index (χ4n) is 2.55. The maximum absolute atomic E-state index is 12.4. The van der Waals surface area contributed by atoms with Crippen LogP contribution in [-0.2, 0) is 6.54 Å². The molecule has 0 spiro atoms. The third kappa shape index (κ3) is 3.61. The van der Waals surface area contributed by atoms with Crippen molar-refractivity contribution < 1.29 is 18.7 Å². The summed E-state index contributed by atoms with van der Waals surface area (Å²) in [6, 6.07) is 12.5. The van der Waals surface area contributed by atoms with Gasteiger partial charge in [0.05, 0.1) is 24.7 Å². The molecule has 0 aliphatic carbocycles. The Bertz CT molecular complexity index is 892. The average Bonchev–Trinajstić information content (AvgIpc) is 3.20. The summed E-state index contributed by atoms with van der Waals surface area (Å²) in [5.74, 6) is 1.84. The Morgan fingerprint density at radius 2 is 1.88 bits per heavy atom. The van der Waals surface area contributed by atoms with Gasteiger partial charge in [0.15, 0.2) is 11.5 Å². The second-order valence-electron chi connectivity index (χ2n) is 5.68. The van der Waals surface area contributed by atoms with E-state index in [1.807, 2.05) is 12.1 Å². The number of nitrogens with zero attached hydrogens (tertiary/aromatic N) is 1. The first kappa shape index (κ1) is 16.0. The number of ether oxygens (including phenoxy) is 2. The van der Waals surface area contributed by atoms with Gasteiger partial charge < -0.3 is 24.5 Å². The van der Waals surface area contributed by atoms with Crippen LogP contribution in [0.5, 0.6) is 11.5 Å². The van der Waals surface area contributed by atoms with Crippen molar-refractivity contribution in [3.63, 3.8) is 0 Å². The SMILES string of the molecule is O=C(Nc1ccc2c(c1)OCCO2)c1ccc(NCc2ccco2)cn1. The van der Waals surface area contributed by atoms with Crippen LogP contribution in [0, 0.1) is 0 Å². The van der Waals surface area contributed by atoms with Crippen LogP contribution in [0.4, 0.5) is 11.4 Å². The molecule has 3 heterocycles. The summed E-state index contributed by atoms with van der Waals surface area (Å²) in [5, 5.41) is 5.99. The van der Waals surface area contributed by atoms with Crippen LogP contribution in [0.3, 0.4) is 0 Å². The van der Waals surface area contributed by atoms with Gasteiger partial charge in [0.25, 0.3) is 5.91 Å². The molecule has 0 atom stereocenters. The van der Waals surface area contributed by atoms with Crippen LogP contribution < -0.4 is 20.1 Å². The zero-order chi connectivity index (χ0) is 17.8. The molecule has 0 saturated carbocycles. The molecule has 0 saturated heterocycles. The van der Waals surface area contributed by atoms with E-state index < -0.39 is 0 Å². The normalized spacial score (nSPS) is 12.5. The number of anilines is 2. The third-order valence-electron chi connectivity index (χ3n) is 3.84. The van der Waals surface area contributed by atoms with E-state index in [0.717, 1.165) is 11.4 Å². The van der Waals surface area contributed by atoms with Gasteiger partial charge in [-0.2, -0.15) is 0 Å². The number of amides is 1. The molecule has 1 aliphatic rings. The zero-order valence-corrected chi connectivity index (χ0v) is 13.9. The molecule has 1 aromatic carbocycles. The topological polar surface area (TPSA) is 85.6 Å². The molecule has 132 valence electrons. The fourth-order valence-corrected chi connectivity index (χ4v) is 2.55. The minimum Gasteiger partial charge on any atom is -0.486 e. The van der Waals surface area contributed by atoms with Crippen molar-refractivity contribution in [1.82, 2.24) is 4.98 Å². The summed E-state index contributed by atoms with van der Waals surface area (Å²) in [6.07, 6.45) is 3.24. The molecule has 26 heavy (non-hydrogen) atoms. The van der Waals surface area contributed by atoms with Gasteiger partial charge in [-0.1, -0.05) is 0 Å². The summed E-state index contributed by atoms with van der Waals surface area (Å²) in [6.45, 7) is 1.58. The number of nitrogens with one attached hydrogen (secondary N) is 2. The Morgan fingerprint density at radius 3 is 2.65 bits per heavy atom. The highest BCUT2D eigenvalue weighted by molar-refractivity contribution is 6.03. The number of hydrogen-bond acceptors (Lipinski definition) is 6. The molecule has 7 heteroatoms. The smallest absolute Gasteiger partial charge is 0.274 e. The highest BCUT2D eigenvalue weighted by Gasteiger charge is 2.14. The monoisotopic (exact) mass is 351 g/mol. The van der Waals surface area contributed by atoms with Crippen LogP contribution in [0.2, 0.25) is 0 Å². The molecule has 2 N–H and O–H groups in total. The van der Waals surface area contributed by atoms with E-state index in [4.69, 9.17) is 13.9 Å². The molecule has 0 unspecified atom stereocenters. The Morgan fingerprint density at radius 1 is 1.04 bits per heavy atom. The van der Waals surface area contributed by atoms with Crippen LogP contribution in [0.1, 0.15) is 16.2 Å². The summed E-state index contributed by atoms with van der Waals surface area (Å²) in [4.78, 5) is 16.6. The van der Waals surface area contributed by atoms with E-state index in [9.17, 15) is 4.79 Å². The van der Waals surface area contributed by atoms with Gasteiger partial charge >= 0.3 is 0 Å². The van der Waals surface area contributed by atoms with Crippen LogP contribution in [0.25, 0.3) is 0 Å². The van der Waals surface area contributed by atoms with Gasteiger partial charge in [-0.15, -0.1) is 0 Å². The van der Waals surface area contributed by atoms with Crippen LogP contribution in [0.15, 0.2) is 59.3 Å². The lowest BCUT2D eigenvalue weighted by atomic mass is 10.2. The van der Waals surface area contributed by atoms with Crippen LogP contribution >= 0.6 is 0 Å². The maximum Gasteiger partial charge on any atom is 0.274 e. The molecule has 3 aromatic rings.